The number of hydrogen-bond donors (Lipinski definition) is 0. The van der Waals surface area contributed by atoms with Crippen molar-refractivity contribution in [3.63, 3.8) is 0 Å². The molecule has 2 aromatic carbocycles. The number of nitrogens with zero attached hydrogens (tertiary/aromatic N) is 2. The Morgan fingerprint density at radius 2 is 1.73 bits per heavy atom. The molecular weight excluding hydrogens is 436 g/mol. The molecule has 6 nitrogen and oxygen atoms in total. The zero-order valence-corrected chi connectivity index (χ0v) is 20.9. The minimum absolute atomic E-state index is 0.135. The van der Waals surface area contributed by atoms with Crippen LogP contribution in [0.4, 0.5) is 0 Å². The lowest BCUT2D eigenvalue weighted by molar-refractivity contribution is -0.147. The van der Waals surface area contributed by atoms with Crippen molar-refractivity contribution in [2.24, 2.45) is 0 Å². The van der Waals surface area contributed by atoms with Gasteiger partial charge in [0, 0.05) is 26.2 Å². The Balaban J connectivity index is 1.84. The molecular formula is C26H34N2O4S. The SMILES string of the molecule is CCOC(=O)CC12CN(S(=O)(=O)c3ccc(C)cc3)CCCN1CCc1cc(C)c(C)cc12. The lowest BCUT2D eigenvalue weighted by Gasteiger charge is -2.48. The molecule has 2 aliphatic rings. The van der Waals surface area contributed by atoms with Crippen LogP contribution in [0.15, 0.2) is 41.3 Å². The Bertz CT molecular complexity index is 1140. The van der Waals surface area contributed by atoms with Crippen LogP contribution in [-0.4, -0.2) is 56.4 Å². The van der Waals surface area contributed by atoms with E-state index in [4.69, 9.17) is 4.74 Å². The van der Waals surface area contributed by atoms with Crippen LogP contribution in [0.1, 0.15) is 47.6 Å². The van der Waals surface area contributed by atoms with Gasteiger partial charge >= 0.3 is 5.97 Å². The zero-order valence-electron chi connectivity index (χ0n) is 20.1. The molecule has 2 heterocycles. The molecule has 178 valence electrons. The van der Waals surface area contributed by atoms with Crippen molar-refractivity contribution < 1.29 is 17.9 Å². The van der Waals surface area contributed by atoms with Crippen molar-refractivity contribution in [3.05, 3.63) is 64.2 Å². The Morgan fingerprint density at radius 3 is 2.42 bits per heavy atom. The van der Waals surface area contributed by atoms with Gasteiger partial charge in [0.1, 0.15) is 0 Å². The molecule has 0 bridgehead atoms. The smallest absolute Gasteiger partial charge is 0.308 e. The van der Waals surface area contributed by atoms with Crippen LogP contribution in [0.3, 0.4) is 0 Å². The second-order valence-corrected chi connectivity index (χ2v) is 11.3. The van der Waals surface area contributed by atoms with Gasteiger partial charge in [0.05, 0.1) is 23.5 Å². The summed E-state index contributed by atoms with van der Waals surface area (Å²) in [4.78, 5) is 15.5. The minimum Gasteiger partial charge on any atom is -0.466 e. The van der Waals surface area contributed by atoms with Gasteiger partial charge in [0.15, 0.2) is 0 Å². The maximum atomic E-state index is 13.7. The Hall–Kier alpha value is -2.22. The molecule has 0 aromatic heterocycles. The van der Waals surface area contributed by atoms with E-state index in [1.807, 2.05) is 19.1 Å². The predicted molar refractivity (Wildman–Crippen MR) is 129 cm³/mol. The first-order valence-electron chi connectivity index (χ1n) is 11.8. The van der Waals surface area contributed by atoms with Gasteiger partial charge in [0.25, 0.3) is 0 Å². The maximum Gasteiger partial charge on any atom is 0.308 e. The molecule has 1 fully saturated rings. The summed E-state index contributed by atoms with van der Waals surface area (Å²) >= 11 is 0. The molecule has 2 aliphatic heterocycles. The first kappa shape index (κ1) is 23.9. The predicted octanol–water partition coefficient (Wildman–Crippen LogP) is 3.71. The number of rotatable bonds is 5. The highest BCUT2D eigenvalue weighted by Crippen LogP contribution is 2.43. The Kier molecular flexibility index (Phi) is 6.67. The fraction of sp³-hybridized carbons (Fsp3) is 0.500. The van der Waals surface area contributed by atoms with Gasteiger partial charge in [-0.2, -0.15) is 4.31 Å². The van der Waals surface area contributed by atoms with E-state index in [2.05, 4.69) is 30.9 Å². The van der Waals surface area contributed by atoms with Crippen molar-refractivity contribution in [1.29, 1.82) is 0 Å². The normalized spacial score (nSPS) is 21.7. The van der Waals surface area contributed by atoms with E-state index in [1.165, 1.54) is 11.1 Å². The average molecular weight is 471 g/mol. The summed E-state index contributed by atoms with van der Waals surface area (Å²) < 4.78 is 34.4. The van der Waals surface area contributed by atoms with Crippen LogP contribution in [-0.2, 0) is 31.5 Å². The topological polar surface area (TPSA) is 66.9 Å². The standard InChI is InChI=1S/C26H34N2O4S/c1-5-32-25(29)17-26-18-28(33(30,31)23-9-7-19(2)8-10-23)13-6-12-27(26)14-11-22-15-20(3)21(4)16-24(22)26/h7-10,15-16H,5-6,11-14,17-18H2,1-4H3. The number of fused-ring (bicyclic) bond motifs is 3. The number of aryl methyl sites for hydroxylation is 3. The van der Waals surface area contributed by atoms with Gasteiger partial charge < -0.3 is 4.74 Å². The highest BCUT2D eigenvalue weighted by atomic mass is 32.2. The number of esters is 1. The number of carbonyl (C=O) groups is 1. The highest BCUT2D eigenvalue weighted by Gasteiger charge is 2.49. The van der Waals surface area contributed by atoms with Crippen molar-refractivity contribution >= 4 is 16.0 Å². The molecule has 0 radical (unpaired) electrons. The van der Waals surface area contributed by atoms with Crippen LogP contribution in [0.25, 0.3) is 0 Å². The summed E-state index contributed by atoms with van der Waals surface area (Å²) in [7, 11) is -3.71. The molecule has 0 N–H and O–H groups in total. The third-order valence-electron chi connectivity index (χ3n) is 7.15. The minimum atomic E-state index is -3.71. The first-order valence-corrected chi connectivity index (χ1v) is 13.2. The quantitative estimate of drug-likeness (QED) is 0.623. The second-order valence-electron chi connectivity index (χ2n) is 9.35. The molecule has 1 atom stereocenters. The number of benzene rings is 2. The van der Waals surface area contributed by atoms with Gasteiger partial charge in [0.2, 0.25) is 10.0 Å². The van der Waals surface area contributed by atoms with Gasteiger partial charge in [-0.05, 0) is 74.9 Å². The van der Waals surface area contributed by atoms with Crippen LogP contribution < -0.4 is 0 Å². The van der Waals surface area contributed by atoms with E-state index in [1.54, 1.807) is 23.4 Å². The highest BCUT2D eigenvalue weighted by molar-refractivity contribution is 7.89. The van der Waals surface area contributed by atoms with Crippen LogP contribution in [0, 0.1) is 20.8 Å². The summed E-state index contributed by atoms with van der Waals surface area (Å²) in [5.41, 5.74) is 4.90. The first-order chi connectivity index (χ1) is 15.7. The van der Waals surface area contributed by atoms with E-state index in [0.717, 1.165) is 42.6 Å². The van der Waals surface area contributed by atoms with Crippen molar-refractivity contribution in [2.75, 3.05) is 32.8 Å². The van der Waals surface area contributed by atoms with E-state index in [-0.39, 0.29) is 18.9 Å². The average Bonchev–Trinajstić information content (AvgIpc) is 2.96. The van der Waals surface area contributed by atoms with Crippen LogP contribution >= 0.6 is 0 Å². The molecule has 2 aromatic rings. The van der Waals surface area contributed by atoms with Gasteiger partial charge in [-0.1, -0.05) is 29.8 Å². The summed E-state index contributed by atoms with van der Waals surface area (Å²) in [6.45, 7) is 10.4. The largest absolute Gasteiger partial charge is 0.466 e. The fourth-order valence-electron chi connectivity index (χ4n) is 5.25. The monoisotopic (exact) mass is 470 g/mol. The second kappa shape index (κ2) is 9.20. The summed E-state index contributed by atoms with van der Waals surface area (Å²) in [6.07, 6.45) is 1.75. The summed E-state index contributed by atoms with van der Waals surface area (Å²) in [6, 6.07) is 11.4. The molecule has 0 aliphatic carbocycles. The molecule has 0 spiro atoms. The molecule has 7 heteroatoms. The van der Waals surface area contributed by atoms with Gasteiger partial charge in [-0.3, -0.25) is 9.69 Å². The number of carbonyl (C=O) groups excluding carboxylic acids is 1. The van der Waals surface area contributed by atoms with Gasteiger partial charge in [-0.25, -0.2) is 8.42 Å². The number of ether oxygens (including phenoxy) is 1. The molecule has 1 unspecified atom stereocenters. The molecule has 1 saturated heterocycles. The molecule has 4 rings (SSSR count). The third kappa shape index (κ3) is 4.46. The zero-order chi connectivity index (χ0) is 23.8. The summed E-state index contributed by atoms with van der Waals surface area (Å²) in [5.74, 6) is -0.289. The lowest BCUT2D eigenvalue weighted by atomic mass is 9.76. The molecule has 0 saturated carbocycles. The van der Waals surface area contributed by atoms with Crippen molar-refractivity contribution in [1.82, 2.24) is 9.21 Å². The van der Waals surface area contributed by atoms with Crippen LogP contribution in [0.2, 0.25) is 0 Å². The Labute approximate surface area is 197 Å². The van der Waals surface area contributed by atoms with E-state index >= 15 is 0 Å². The maximum absolute atomic E-state index is 13.7. The van der Waals surface area contributed by atoms with Gasteiger partial charge in [-0.15, -0.1) is 0 Å². The number of hydrogen-bond acceptors (Lipinski definition) is 5. The van der Waals surface area contributed by atoms with E-state index in [9.17, 15) is 13.2 Å². The molecule has 33 heavy (non-hydrogen) atoms. The lowest BCUT2D eigenvalue weighted by Crippen LogP contribution is -2.56. The Morgan fingerprint density at radius 1 is 1.03 bits per heavy atom. The van der Waals surface area contributed by atoms with Crippen molar-refractivity contribution in [2.45, 2.75) is 57.4 Å². The van der Waals surface area contributed by atoms with E-state index < -0.39 is 15.6 Å². The molecule has 0 amide bonds. The van der Waals surface area contributed by atoms with Crippen LogP contribution in [0.5, 0.6) is 0 Å². The summed E-state index contributed by atoms with van der Waals surface area (Å²) in [5, 5.41) is 0. The fourth-order valence-corrected chi connectivity index (χ4v) is 6.78. The van der Waals surface area contributed by atoms with Crippen molar-refractivity contribution in [3.8, 4) is 0 Å². The third-order valence-corrected chi connectivity index (χ3v) is 9.01. The van der Waals surface area contributed by atoms with E-state index in [0.29, 0.717) is 18.0 Å². The number of sulfonamides is 1.